The number of H-pyrrole nitrogens is 1. The number of ether oxygens (including phenoxy) is 3. The molecule has 31 heavy (non-hydrogen) atoms. The summed E-state index contributed by atoms with van der Waals surface area (Å²) in [5.41, 5.74) is 2.36. The Kier molecular flexibility index (Phi) is 6.81. The second-order valence-electron chi connectivity index (χ2n) is 6.76. The van der Waals surface area contributed by atoms with Crippen molar-refractivity contribution in [2.75, 3.05) is 21.3 Å². The molecule has 8 heteroatoms. The fourth-order valence-corrected chi connectivity index (χ4v) is 3.31. The lowest BCUT2D eigenvalue weighted by atomic mass is 10.0. The molecule has 0 bridgehead atoms. The lowest BCUT2D eigenvalue weighted by Crippen LogP contribution is -2.41. The van der Waals surface area contributed by atoms with Gasteiger partial charge in [0, 0.05) is 29.6 Å². The number of nitrogens with one attached hydrogen (secondary N) is 2. The highest BCUT2D eigenvalue weighted by molar-refractivity contribution is 5.95. The highest BCUT2D eigenvalue weighted by Crippen LogP contribution is 2.38. The van der Waals surface area contributed by atoms with E-state index in [1.54, 1.807) is 24.4 Å². The van der Waals surface area contributed by atoms with Crippen LogP contribution < -0.4 is 19.5 Å². The molecule has 3 aromatic rings. The van der Waals surface area contributed by atoms with Gasteiger partial charge in [0.05, 0.1) is 21.3 Å². The van der Waals surface area contributed by atoms with Crippen molar-refractivity contribution >= 4 is 28.9 Å². The van der Waals surface area contributed by atoms with E-state index in [9.17, 15) is 14.7 Å². The Morgan fingerprint density at radius 2 is 1.77 bits per heavy atom. The van der Waals surface area contributed by atoms with Gasteiger partial charge >= 0.3 is 5.97 Å². The third-order valence-corrected chi connectivity index (χ3v) is 4.83. The quantitative estimate of drug-likeness (QED) is 0.456. The summed E-state index contributed by atoms with van der Waals surface area (Å²) >= 11 is 0. The Hall–Kier alpha value is -3.94. The molecule has 0 aliphatic heterocycles. The van der Waals surface area contributed by atoms with Crippen LogP contribution in [0.15, 0.2) is 48.7 Å². The molecule has 2 aromatic carbocycles. The number of carboxylic acids is 1. The van der Waals surface area contributed by atoms with Gasteiger partial charge in [-0.25, -0.2) is 4.79 Å². The maximum atomic E-state index is 12.4. The summed E-state index contributed by atoms with van der Waals surface area (Å²) in [6.45, 7) is 0. The fourth-order valence-electron chi connectivity index (χ4n) is 3.31. The molecular weight excluding hydrogens is 400 g/mol. The van der Waals surface area contributed by atoms with Gasteiger partial charge in [-0.3, -0.25) is 4.79 Å². The van der Waals surface area contributed by atoms with E-state index in [0.29, 0.717) is 22.8 Å². The predicted molar refractivity (Wildman–Crippen MR) is 117 cm³/mol. The van der Waals surface area contributed by atoms with Crippen LogP contribution in [0.3, 0.4) is 0 Å². The average molecular weight is 424 g/mol. The Morgan fingerprint density at radius 1 is 1.10 bits per heavy atom. The third kappa shape index (κ3) is 4.98. The summed E-state index contributed by atoms with van der Waals surface area (Å²) in [4.78, 5) is 27.2. The minimum Gasteiger partial charge on any atom is -0.493 e. The number of hydrogen-bond donors (Lipinski definition) is 3. The molecule has 1 aromatic heterocycles. The normalized spacial score (nSPS) is 12.0. The molecular formula is C23H24N2O6. The van der Waals surface area contributed by atoms with Crippen molar-refractivity contribution in [3.63, 3.8) is 0 Å². The predicted octanol–water partition coefficient (Wildman–Crippen LogP) is 3.02. The van der Waals surface area contributed by atoms with Gasteiger partial charge in [0.1, 0.15) is 6.04 Å². The van der Waals surface area contributed by atoms with Gasteiger partial charge in [0.2, 0.25) is 11.7 Å². The van der Waals surface area contributed by atoms with Gasteiger partial charge in [-0.1, -0.05) is 18.2 Å². The first kappa shape index (κ1) is 21.8. The van der Waals surface area contributed by atoms with Gasteiger partial charge in [0.25, 0.3) is 0 Å². The Morgan fingerprint density at radius 3 is 2.39 bits per heavy atom. The van der Waals surface area contributed by atoms with Crippen molar-refractivity contribution in [3.05, 3.63) is 59.8 Å². The third-order valence-electron chi connectivity index (χ3n) is 4.83. The molecule has 0 spiro atoms. The molecule has 1 atom stereocenters. The van der Waals surface area contributed by atoms with Crippen LogP contribution in [0.2, 0.25) is 0 Å². The SMILES string of the molecule is COc1cc(/C=C/C(=O)NC(Cc2c[nH]c3ccccc23)C(=O)O)cc(OC)c1OC. The minimum atomic E-state index is -1.11. The summed E-state index contributed by atoms with van der Waals surface area (Å²) in [5, 5.41) is 13.0. The van der Waals surface area contributed by atoms with Gasteiger partial charge < -0.3 is 29.6 Å². The zero-order chi connectivity index (χ0) is 22.4. The largest absolute Gasteiger partial charge is 0.493 e. The monoisotopic (exact) mass is 424 g/mol. The zero-order valence-electron chi connectivity index (χ0n) is 17.5. The van der Waals surface area contributed by atoms with Crippen LogP contribution in [0.1, 0.15) is 11.1 Å². The van der Waals surface area contributed by atoms with E-state index >= 15 is 0 Å². The summed E-state index contributed by atoms with van der Waals surface area (Å²) in [6, 6.07) is 9.90. The van der Waals surface area contributed by atoms with Crippen molar-refractivity contribution in [2.45, 2.75) is 12.5 Å². The molecule has 8 nitrogen and oxygen atoms in total. The van der Waals surface area contributed by atoms with Crippen LogP contribution in [-0.4, -0.2) is 49.3 Å². The first-order valence-electron chi connectivity index (χ1n) is 9.53. The number of hydrogen-bond acceptors (Lipinski definition) is 5. The molecule has 0 aliphatic carbocycles. The van der Waals surface area contributed by atoms with Gasteiger partial charge in [-0.05, 0) is 35.4 Å². The molecule has 0 saturated heterocycles. The smallest absolute Gasteiger partial charge is 0.326 e. The average Bonchev–Trinajstić information content (AvgIpc) is 3.19. The van der Waals surface area contributed by atoms with E-state index in [1.807, 2.05) is 24.3 Å². The number of fused-ring (bicyclic) bond motifs is 1. The van der Waals surface area contributed by atoms with E-state index in [1.165, 1.54) is 27.4 Å². The number of carbonyl (C=O) groups is 2. The van der Waals surface area contributed by atoms with Crippen molar-refractivity contribution < 1.29 is 28.9 Å². The van der Waals surface area contributed by atoms with Crippen molar-refractivity contribution in [1.29, 1.82) is 0 Å². The van der Waals surface area contributed by atoms with Crippen LogP contribution in [0.25, 0.3) is 17.0 Å². The van der Waals surface area contributed by atoms with Gasteiger partial charge in [-0.15, -0.1) is 0 Å². The number of para-hydroxylation sites is 1. The Labute approximate surface area is 179 Å². The Bertz CT molecular complexity index is 1090. The number of rotatable bonds is 9. The van der Waals surface area contributed by atoms with E-state index in [-0.39, 0.29) is 6.42 Å². The van der Waals surface area contributed by atoms with E-state index < -0.39 is 17.9 Å². The molecule has 0 fully saturated rings. The van der Waals surface area contributed by atoms with E-state index in [2.05, 4.69) is 10.3 Å². The molecule has 0 aliphatic rings. The molecule has 0 saturated carbocycles. The van der Waals surface area contributed by atoms with Crippen LogP contribution in [0, 0.1) is 0 Å². The number of benzene rings is 2. The highest BCUT2D eigenvalue weighted by atomic mass is 16.5. The summed E-state index contributed by atoms with van der Waals surface area (Å²) < 4.78 is 15.9. The Balaban J connectivity index is 1.74. The van der Waals surface area contributed by atoms with Crippen LogP contribution >= 0.6 is 0 Å². The maximum Gasteiger partial charge on any atom is 0.326 e. The van der Waals surface area contributed by atoms with Crippen LogP contribution in [0.5, 0.6) is 17.2 Å². The lowest BCUT2D eigenvalue weighted by molar-refractivity contribution is -0.141. The summed E-state index contributed by atoms with van der Waals surface area (Å²) in [5.74, 6) is -0.300. The van der Waals surface area contributed by atoms with Crippen LogP contribution in [0.4, 0.5) is 0 Å². The standard InChI is InChI=1S/C23H24N2O6/c1-29-19-10-14(11-20(30-2)22(19)31-3)8-9-21(26)25-18(23(27)28)12-15-13-24-17-7-5-4-6-16(15)17/h4-11,13,18,24H,12H2,1-3H3,(H,25,26)(H,27,28)/b9-8+. The number of methoxy groups -OCH3 is 3. The van der Waals surface area contributed by atoms with Gasteiger partial charge in [-0.2, -0.15) is 0 Å². The first-order valence-corrected chi connectivity index (χ1v) is 9.53. The van der Waals surface area contributed by atoms with E-state index in [0.717, 1.165) is 16.5 Å². The molecule has 3 rings (SSSR count). The topological polar surface area (TPSA) is 110 Å². The first-order chi connectivity index (χ1) is 15.0. The minimum absolute atomic E-state index is 0.156. The number of carboxylic acid groups (broad SMARTS) is 1. The molecule has 3 N–H and O–H groups in total. The van der Waals surface area contributed by atoms with Crippen molar-refractivity contribution in [3.8, 4) is 17.2 Å². The molecule has 1 amide bonds. The van der Waals surface area contributed by atoms with Crippen molar-refractivity contribution in [1.82, 2.24) is 10.3 Å². The second kappa shape index (κ2) is 9.71. The summed E-state index contributed by atoms with van der Waals surface area (Å²) in [7, 11) is 4.50. The summed E-state index contributed by atoms with van der Waals surface area (Å²) in [6.07, 6.45) is 4.73. The number of amides is 1. The number of aromatic nitrogens is 1. The van der Waals surface area contributed by atoms with Gasteiger partial charge in [0.15, 0.2) is 11.5 Å². The van der Waals surface area contributed by atoms with Crippen LogP contribution in [-0.2, 0) is 16.0 Å². The maximum absolute atomic E-state index is 12.4. The van der Waals surface area contributed by atoms with E-state index in [4.69, 9.17) is 14.2 Å². The number of aliphatic carboxylic acids is 1. The number of carbonyl (C=O) groups excluding carboxylic acids is 1. The lowest BCUT2D eigenvalue weighted by Gasteiger charge is -2.14. The fraction of sp³-hybridized carbons (Fsp3) is 0.217. The highest BCUT2D eigenvalue weighted by Gasteiger charge is 2.21. The number of aromatic amines is 1. The molecule has 162 valence electrons. The second-order valence-corrected chi connectivity index (χ2v) is 6.76. The molecule has 1 unspecified atom stereocenters. The van der Waals surface area contributed by atoms with Crippen molar-refractivity contribution in [2.24, 2.45) is 0 Å². The molecule has 1 heterocycles. The molecule has 0 radical (unpaired) electrons. The zero-order valence-corrected chi connectivity index (χ0v) is 17.5.